The van der Waals surface area contributed by atoms with Gasteiger partial charge in [-0.1, -0.05) is 26.8 Å². The Morgan fingerprint density at radius 1 is 1.22 bits per heavy atom. The van der Waals surface area contributed by atoms with E-state index in [1.54, 1.807) is 0 Å². The topological polar surface area (TPSA) is 87.0 Å². The zero-order valence-electron chi connectivity index (χ0n) is 16.2. The average Bonchev–Trinajstić information content (AvgIpc) is 3.05. The SMILES string of the molecule is C[C@@H]1CC[C@]23C[C@H]1C(C)(C)[C@@H]2CC=C3COC(=O)c1cc(O)c(O)c(O)c1. The van der Waals surface area contributed by atoms with E-state index in [4.69, 9.17) is 4.74 Å². The van der Waals surface area contributed by atoms with Crippen LogP contribution in [0.1, 0.15) is 56.8 Å². The van der Waals surface area contributed by atoms with Gasteiger partial charge in [-0.25, -0.2) is 4.79 Å². The molecular weight excluding hydrogens is 344 g/mol. The zero-order chi connectivity index (χ0) is 19.6. The maximum Gasteiger partial charge on any atom is 0.338 e. The van der Waals surface area contributed by atoms with Crippen molar-refractivity contribution >= 4 is 5.97 Å². The summed E-state index contributed by atoms with van der Waals surface area (Å²) in [5.41, 5.74) is 1.71. The van der Waals surface area contributed by atoms with E-state index < -0.39 is 23.2 Å². The third-order valence-corrected chi connectivity index (χ3v) is 7.74. The molecule has 146 valence electrons. The van der Waals surface area contributed by atoms with Gasteiger partial charge in [-0.2, -0.15) is 0 Å². The molecule has 1 aromatic carbocycles. The molecule has 1 spiro atoms. The van der Waals surface area contributed by atoms with E-state index in [0.29, 0.717) is 17.3 Å². The minimum absolute atomic E-state index is 0.0253. The summed E-state index contributed by atoms with van der Waals surface area (Å²) < 4.78 is 5.54. The number of phenols is 3. The van der Waals surface area contributed by atoms with Crippen LogP contribution >= 0.6 is 0 Å². The molecule has 0 aromatic heterocycles. The van der Waals surface area contributed by atoms with Gasteiger partial charge in [0.05, 0.1) is 5.56 Å². The summed E-state index contributed by atoms with van der Waals surface area (Å²) in [5, 5.41) is 28.6. The molecule has 3 N–H and O–H groups in total. The van der Waals surface area contributed by atoms with E-state index >= 15 is 0 Å². The summed E-state index contributed by atoms with van der Waals surface area (Å²) in [6.07, 6.45) is 6.86. The van der Waals surface area contributed by atoms with Gasteiger partial charge in [-0.15, -0.1) is 0 Å². The molecule has 27 heavy (non-hydrogen) atoms. The monoisotopic (exact) mass is 372 g/mol. The third kappa shape index (κ3) is 2.54. The number of aromatic hydroxyl groups is 3. The minimum Gasteiger partial charge on any atom is -0.504 e. The number of carbonyl (C=O) groups excluding carboxylic acids is 1. The summed E-state index contributed by atoms with van der Waals surface area (Å²) in [4.78, 5) is 12.4. The molecule has 2 bridgehead atoms. The Bertz CT molecular complexity index is 801. The van der Waals surface area contributed by atoms with Gasteiger partial charge in [0.15, 0.2) is 17.2 Å². The zero-order valence-corrected chi connectivity index (χ0v) is 16.2. The van der Waals surface area contributed by atoms with Crippen LogP contribution in [0.5, 0.6) is 17.2 Å². The minimum atomic E-state index is -0.637. The number of phenolic OH excluding ortho intramolecular Hbond substituents is 3. The molecule has 0 heterocycles. The molecule has 1 aromatic rings. The first-order valence-corrected chi connectivity index (χ1v) is 9.78. The van der Waals surface area contributed by atoms with Gasteiger partial charge in [0.2, 0.25) is 0 Å². The van der Waals surface area contributed by atoms with Crippen molar-refractivity contribution in [2.75, 3.05) is 6.61 Å². The van der Waals surface area contributed by atoms with Crippen molar-refractivity contribution in [3.8, 4) is 17.2 Å². The van der Waals surface area contributed by atoms with Crippen molar-refractivity contribution in [1.82, 2.24) is 0 Å². The molecule has 5 nitrogen and oxygen atoms in total. The highest BCUT2D eigenvalue weighted by Gasteiger charge is 2.63. The summed E-state index contributed by atoms with van der Waals surface area (Å²) in [6, 6.07) is 2.22. The lowest BCUT2D eigenvalue weighted by Gasteiger charge is -2.38. The van der Waals surface area contributed by atoms with Crippen LogP contribution in [0.2, 0.25) is 0 Å². The highest BCUT2D eigenvalue weighted by atomic mass is 16.5. The van der Waals surface area contributed by atoms with E-state index in [1.807, 2.05) is 0 Å². The van der Waals surface area contributed by atoms with Crippen LogP contribution in [0.4, 0.5) is 0 Å². The van der Waals surface area contributed by atoms with E-state index in [0.717, 1.165) is 30.9 Å². The number of hydrogen-bond acceptors (Lipinski definition) is 5. The van der Waals surface area contributed by atoms with Gasteiger partial charge in [0.1, 0.15) is 6.61 Å². The lowest BCUT2D eigenvalue weighted by Crippen LogP contribution is -2.31. The summed E-state index contributed by atoms with van der Waals surface area (Å²) in [7, 11) is 0. The van der Waals surface area contributed by atoms with Crippen molar-refractivity contribution in [3.63, 3.8) is 0 Å². The van der Waals surface area contributed by atoms with Gasteiger partial charge in [-0.05, 0) is 72.0 Å². The second-order valence-electron chi connectivity index (χ2n) is 9.26. The molecule has 5 heteroatoms. The quantitative estimate of drug-likeness (QED) is 0.417. The highest BCUT2D eigenvalue weighted by molar-refractivity contribution is 5.91. The molecule has 2 fully saturated rings. The fraction of sp³-hybridized carbons (Fsp3) is 0.591. The normalized spacial score (nSPS) is 33.4. The van der Waals surface area contributed by atoms with Crippen molar-refractivity contribution in [2.45, 2.75) is 46.5 Å². The van der Waals surface area contributed by atoms with Gasteiger partial charge < -0.3 is 20.1 Å². The largest absolute Gasteiger partial charge is 0.504 e. The average molecular weight is 372 g/mol. The van der Waals surface area contributed by atoms with Crippen molar-refractivity contribution < 1.29 is 24.9 Å². The van der Waals surface area contributed by atoms with Crippen LogP contribution in [0, 0.1) is 28.6 Å². The summed E-state index contributed by atoms with van der Waals surface area (Å²) >= 11 is 0. The van der Waals surface area contributed by atoms with Crippen LogP contribution in [-0.4, -0.2) is 27.9 Å². The van der Waals surface area contributed by atoms with Crippen molar-refractivity contribution in [3.05, 3.63) is 29.3 Å². The third-order valence-electron chi connectivity index (χ3n) is 7.74. The number of ether oxygens (including phenoxy) is 1. The van der Waals surface area contributed by atoms with Crippen molar-refractivity contribution in [1.29, 1.82) is 0 Å². The van der Waals surface area contributed by atoms with Gasteiger partial charge in [0, 0.05) is 0 Å². The smallest absolute Gasteiger partial charge is 0.338 e. The number of rotatable bonds is 3. The van der Waals surface area contributed by atoms with E-state index in [2.05, 4.69) is 26.8 Å². The standard InChI is InChI=1S/C22H28O5/c1-12-6-7-22-10-15(12)21(2,3)18(22)5-4-14(22)11-27-20(26)13-8-16(23)19(25)17(24)9-13/h4,8-9,12,15,18,23-25H,5-7,10-11H2,1-3H3/t12-,15-,18+,22-/m1/s1. The number of esters is 1. The fourth-order valence-electron chi connectivity index (χ4n) is 6.32. The Balaban J connectivity index is 1.51. The Morgan fingerprint density at radius 2 is 1.89 bits per heavy atom. The Labute approximate surface area is 159 Å². The Morgan fingerprint density at radius 3 is 2.56 bits per heavy atom. The van der Waals surface area contributed by atoms with Gasteiger partial charge in [0.25, 0.3) is 0 Å². The number of allylic oxidation sites excluding steroid dienone is 1. The molecule has 0 saturated heterocycles. The van der Waals surface area contributed by atoms with Gasteiger partial charge >= 0.3 is 5.97 Å². The highest BCUT2D eigenvalue weighted by Crippen LogP contribution is 2.70. The molecule has 0 unspecified atom stereocenters. The number of fused-ring (bicyclic) bond motifs is 1. The predicted octanol–water partition coefficient (Wildman–Crippen LogP) is 4.37. The predicted molar refractivity (Wildman–Crippen MR) is 101 cm³/mol. The number of carbonyl (C=O) groups is 1. The lowest BCUT2D eigenvalue weighted by atomic mass is 9.67. The first-order valence-electron chi connectivity index (χ1n) is 9.78. The molecule has 0 radical (unpaired) electrons. The number of hydrogen-bond donors (Lipinski definition) is 3. The first-order chi connectivity index (χ1) is 12.7. The maximum atomic E-state index is 12.4. The Kier molecular flexibility index (Phi) is 3.99. The maximum absolute atomic E-state index is 12.4. The lowest BCUT2D eigenvalue weighted by molar-refractivity contribution is 0.0501. The summed E-state index contributed by atoms with van der Waals surface area (Å²) in [5.74, 6) is -0.272. The van der Waals surface area contributed by atoms with Crippen molar-refractivity contribution in [2.24, 2.45) is 28.6 Å². The summed E-state index contributed by atoms with van der Waals surface area (Å²) in [6.45, 7) is 7.41. The number of benzene rings is 1. The van der Waals surface area contributed by atoms with Crippen LogP contribution in [0.25, 0.3) is 0 Å². The van der Waals surface area contributed by atoms with E-state index in [9.17, 15) is 20.1 Å². The molecule has 3 aliphatic rings. The molecule has 4 atom stereocenters. The molecule has 2 saturated carbocycles. The van der Waals surface area contributed by atoms with Crippen LogP contribution in [0.3, 0.4) is 0 Å². The Hall–Kier alpha value is -2.17. The molecule has 3 aliphatic carbocycles. The molecule has 4 rings (SSSR count). The first kappa shape index (κ1) is 18.2. The van der Waals surface area contributed by atoms with Crippen LogP contribution in [-0.2, 0) is 4.74 Å². The van der Waals surface area contributed by atoms with Gasteiger partial charge in [-0.3, -0.25) is 0 Å². The molecular formula is C22H28O5. The van der Waals surface area contributed by atoms with E-state index in [-0.39, 0.29) is 17.6 Å². The van der Waals surface area contributed by atoms with Crippen LogP contribution in [0.15, 0.2) is 23.8 Å². The molecule has 0 amide bonds. The fourth-order valence-corrected chi connectivity index (χ4v) is 6.32. The molecule has 0 aliphatic heterocycles. The second kappa shape index (κ2) is 5.91. The van der Waals surface area contributed by atoms with E-state index in [1.165, 1.54) is 18.4 Å². The van der Waals surface area contributed by atoms with Crippen LogP contribution < -0.4 is 0 Å². The second-order valence-corrected chi connectivity index (χ2v) is 9.26.